The number of ketones is 1. The zero-order chi connectivity index (χ0) is 25.8. The van der Waals surface area contributed by atoms with Gasteiger partial charge in [-0.05, 0) is 56.8 Å². The number of methoxy groups -OCH3 is 3. The fourth-order valence-corrected chi connectivity index (χ4v) is 3.83. The number of ether oxygens (including phenoxy) is 4. The molecule has 2 aromatic rings. The minimum Gasteiger partial charge on any atom is -0.496 e. The number of carbonyl (C=O) groups excluding carboxylic acids is 3. The zero-order valence-electron chi connectivity index (χ0n) is 21.1. The van der Waals surface area contributed by atoms with E-state index in [2.05, 4.69) is 5.32 Å². The first-order valence-electron chi connectivity index (χ1n) is 11.6. The molecule has 0 aliphatic rings. The molecule has 0 aliphatic carbocycles. The molecule has 0 aromatic heterocycles. The summed E-state index contributed by atoms with van der Waals surface area (Å²) < 4.78 is 20.7. The average molecular weight is 486 g/mol. The Bertz CT molecular complexity index is 965. The topological polar surface area (TPSA) is 100 Å². The molecular weight excluding hydrogens is 450 g/mol. The summed E-state index contributed by atoms with van der Waals surface area (Å²) in [5, 5.41) is 3.32. The fourth-order valence-electron chi connectivity index (χ4n) is 3.83. The Morgan fingerprint density at radius 3 is 2.11 bits per heavy atom. The summed E-state index contributed by atoms with van der Waals surface area (Å²) in [7, 11) is 4.36. The molecule has 0 bridgehead atoms. The van der Waals surface area contributed by atoms with Crippen LogP contribution in [0.5, 0.6) is 11.5 Å². The van der Waals surface area contributed by atoms with E-state index in [1.54, 1.807) is 26.4 Å². The fraction of sp³-hybridized carbons (Fsp3) is 0.444. The van der Waals surface area contributed by atoms with Crippen LogP contribution in [-0.2, 0) is 25.5 Å². The molecule has 1 N–H and O–H groups in total. The van der Waals surface area contributed by atoms with Gasteiger partial charge in [0.05, 0.1) is 27.4 Å². The zero-order valence-corrected chi connectivity index (χ0v) is 21.1. The van der Waals surface area contributed by atoms with E-state index in [1.807, 2.05) is 37.3 Å². The van der Waals surface area contributed by atoms with E-state index in [-0.39, 0.29) is 12.2 Å². The van der Waals surface area contributed by atoms with Crippen molar-refractivity contribution in [3.05, 3.63) is 59.2 Å². The Hall–Kier alpha value is -3.39. The van der Waals surface area contributed by atoms with Crippen LogP contribution in [0.3, 0.4) is 0 Å². The number of hydrogen-bond donors (Lipinski definition) is 1. The monoisotopic (exact) mass is 485 g/mol. The minimum absolute atomic E-state index is 0.0814. The number of benzene rings is 2. The summed E-state index contributed by atoms with van der Waals surface area (Å²) in [4.78, 5) is 36.7. The summed E-state index contributed by atoms with van der Waals surface area (Å²) in [6.45, 7) is 3.56. The number of aryl methyl sites for hydroxylation is 1. The second kappa shape index (κ2) is 14.1. The Kier molecular flexibility index (Phi) is 11.2. The molecular formula is C27H35NO7. The Labute approximate surface area is 206 Å². The first-order chi connectivity index (χ1) is 16.8. The van der Waals surface area contributed by atoms with Crippen LogP contribution >= 0.6 is 0 Å². The molecule has 2 aromatic carbocycles. The first kappa shape index (κ1) is 27.9. The van der Waals surface area contributed by atoms with Gasteiger partial charge in [0.1, 0.15) is 11.5 Å². The summed E-state index contributed by atoms with van der Waals surface area (Å²) >= 11 is 0. The molecule has 8 nitrogen and oxygen atoms in total. The Balaban J connectivity index is 2.15. The lowest BCUT2D eigenvalue weighted by atomic mass is 9.96. The van der Waals surface area contributed by atoms with Gasteiger partial charge in [-0.3, -0.25) is 9.59 Å². The van der Waals surface area contributed by atoms with E-state index in [0.717, 1.165) is 11.1 Å². The third-order valence-electron chi connectivity index (χ3n) is 5.72. The third kappa shape index (κ3) is 8.40. The van der Waals surface area contributed by atoms with Crippen molar-refractivity contribution in [3.8, 4) is 11.5 Å². The lowest BCUT2D eigenvalue weighted by molar-refractivity contribution is -0.165. The van der Waals surface area contributed by atoms with Crippen LogP contribution in [0.15, 0.2) is 42.5 Å². The molecule has 0 spiro atoms. The summed E-state index contributed by atoms with van der Waals surface area (Å²) in [5.41, 5.74) is 2.44. The predicted molar refractivity (Wildman–Crippen MR) is 132 cm³/mol. The van der Waals surface area contributed by atoms with Crippen molar-refractivity contribution in [1.29, 1.82) is 0 Å². The maximum absolute atomic E-state index is 13.5. The largest absolute Gasteiger partial charge is 0.496 e. The molecule has 35 heavy (non-hydrogen) atoms. The number of nitrogens with one attached hydrogen (secondary N) is 1. The van der Waals surface area contributed by atoms with Crippen LogP contribution in [0.2, 0.25) is 0 Å². The van der Waals surface area contributed by atoms with Crippen LogP contribution in [-0.4, -0.2) is 57.7 Å². The predicted octanol–water partition coefficient (Wildman–Crippen LogP) is 3.67. The maximum atomic E-state index is 13.5. The molecule has 190 valence electrons. The van der Waals surface area contributed by atoms with Crippen molar-refractivity contribution >= 4 is 17.7 Å². The van der Waals surface area contributed by atoms with E-state index in [4.69, 9.17) is 18.9 Å². The van der Waals surface area contributed by atoms with Crippen molar-refractivity contribution in [1.82, 2.24) is 5.32 Å². The van der Waals surface area contributed by atoms with E-state index in [9.17, 15) is 14.4 Å². The van der Waals surface area contributed by atoms with E-state index >= 15 is 0 Å². The van der Waals surface area contributed by atoms with Gasteiger partial charge in [-0.1, -0.05) is 30.3 Å². The molecule has 2 unspecified atom stereocenters. The van der Waals surface area contributed by atoms with Crippen LogP contribution in [0.1, 0.15) is 47.7 Å². The van der Waals surface area contributed by atoms with Gasteiger partial charge in [0.25, 0.3) is 0 Å². The molecule has 0 heterocycles. The van der Waals surface area contributed by atoms with Gasteiger partial charge in [0.15, 0.2) is 11.9 Å². The number of Topliss-reactive ketones (excluding diaryl/α,β-unsaturated/α-hetero) is 1. The summed E-state index contributed by atoms with van der Waals surface area (Å²) in [6.07, 6.45) is 1.10. The van der Waals surface area contributed by atoms with Crippen molar-refractivity contribution in [2.75, 3.05) is 27.9 Å². The Morgan fingerprint density at radius 2 is 1.57 bits per heavy atom. The van der Waals surface area contributed by atoms with Crippen LogP contribution in [0, 0.1) is 6.92 Å². The van der Waals surface area contributed by atoms with Gasteiger partial charge < -0.3 is 24.3 Å². The number of esters is 2. The van der Waals surface area contributed by atoms with Gasteiger partial charge in [0.2, 0.25) is 0 Å². The maximum Gasteiger partial charge on any atom is 0.347 e. The normalized spacial score (nSPS) is 12.4. The third-order valence-corrected chi connectivity index (χ3v) is 5.72. The van der Waals surface area contributed by atoms with Gasteiger partial charge in [-0.25, -0.2) is 4.79 Å². The van der Waals surface area contributed by atoms with Crippen molar-refractivity contribution < 1.29 is 33.3 Å². The molecule has 0 fully saturated rings. The molecule has 0 aliphatic heterocycles. The molecule has 0 saturated heterocycles. The van der Waals surface area contributed by atoms with Gasteiger partial charge in [0, 0.05) is 18.1 Å². The summed E-state index contributed by atoms with van der Waals surface area (Å²) in [6, 6.07) is 12.9. The molecule has 0 saturated carbocycles. The molecule has 8 heteroatoms. The minimum atomic E-state index is -0.969. The molecule has 0 radical (unpaired) electrons. The molecule has 2 atom stereocenters. The number of hydrogen-bond acceptors (Lipinski definition) is 8. The summed E-state index contributed by atoms with van der Waals surface area (Å²) in [5.74, 6) is -0.0713. The number of rotatable bonds is 14. The van der Waals surface area contributed by atoms with Crippen molar-refractivity contribution in [2.24, 2.45) is 0 Å². The highest BCUT2D eigenvalue weighted by atomic mass is 16.6. The van der Waals surface area contributed by atoms with Crippen LogP contribution in [0.4, 0.5) is 0 Å². The highest BCUT2D eigenvalue weighted by Gasteiger charge is 2.24. The van der Waals surface area contributed by atoms with Crippen molar-refractivity contribution in [3.63, 3.8) is 0 Å². The second-order valence-corrected chi connectivity index (χ2v) is 8.16. The van der Waals surface area contributed by atoms with Crippen molar-refractivity contribution in [2.45, 2.75) is 51.7 Å². The average Bonchev–Trinajstić information content (AvgIpc) is 2.87. The quantitative estimate of drug-likeness (QED) is 0.246. The molecule has 2 rings (SSSR count). The van der Waals surface area contributed by atoms with E-state index < -0.39 is 24.1 Å². The SMILES string of the molecule is COC(=O)C(CCCNC(CCc1ccccc1)C(=O)c1cc(OC)c(C)c(OC)c1)OC(C)=O. The van der Waals surface area contributed by atoms with E-state index in [0.29, 0.717) is 42.9 Å². The van der Waals surface area contributed by atoms with E-state index in [1.165, 1.54) is 14.0 Å². The van der Waals surface area contributed by atoms with Crippen LogP contribution < -0.4 is 14.8 Å². The highest BCUT2D eigenvalue weighted by Crippen LogP contribution is 2.30. The highest BCUT2D eigenvalue weighted by molar-refractivity contribution is 6.01. The Morgan fingerprint density at radius 1 is 0.943 bits per heavy atom. The number of carbonyl (C=O) groups is 3. The van der Waals surface area contributed by atoms with Gasteiger partial charge >= 0.3 is 11.9 Å². The lowest BCUT2D eigenvalue weighted by Gasteiger charge is -2.20. The second-order valence-electron chi connectivity index (χ2n) is 8.16. The van der Waals surface area contributed by atoms with Crippen LogP contribution in [0.25, 0.3) is 0 Å². The van der Waals surface area contributed by atoms with Gasteiger partial charge in [-0.15, -0.1) is 0 Å². The smallest absolute Gasteiger partial charge is 0.347 e. The first-order valence-corrected chi connectivity index (χ1v) is 11.6. The standard InChI is InChI=1S/C27H35NO7/c1-18-24(32-3)16-21(17-25(18)33-4)26(30)22(14-13-20-10-7-6-8-11-20)28-15-9-12-23(27(31)34-5)35-19(2)29/h6-8,10-11,16-17,22-23,28H,9,12-15H2,1-5H3. The van der Waals surface area contributed by atoms with Gasteiger partial charge in [-0.2, -0.15) is 0 Å². The molecule has 0 amide bonds. The lowest BCUT2D eigenvalue weighted by Crippen LogP contribution is -2.38.